The highest BCUT2D eigenvalue weighted by atomic mass is 16.5. The molecular weight excluding hydrogens is 236 g/mol. The highest BCUT2D eigenvalue weighted by Crippen LogP contribution is 2.09. The molecule has 0 aliphatic heterocycles. The van der Waals surface area contributed by atoms with Crippen LogP contribution in [-0.2, 0) is 4.74 Å². The Morgan fingerprint density at radius 3 is 2.83 bits per heavy atom. The van der Waals surface area contributed by atoms with E-state index in [-0.39, 0.29) is 6.01 Å². The van der Waals surface area contributed by atoms with Crippen LogP contribution in [0, 0.1) is 0 Å². The van der Waals surface area contributed by atoms with E-state index < -0.39 is 0 Å². The first kappa shape index (κ1) is 12.2. The maximum atomic E-state index is 5.36. The molecule has 0 aliphatic rings. The molecule has 8 nitrogen and oxygen atoms in total. The number of ether oxygens (including phenoxy) is 2. The van der Waals surface area contributed by atoms with Crippen LogP contribution in [0.3, 0.4) is 0 Å². The number of anilines is 1. The Balaban J connectivity index is 2.22. The summed E-state index contributed by atoms with van der Waals surface area (Å²) in [6.07, 6.45) is 3.39. The number of methoxy groups -OCH3 is 1. The normalized spacial score (nSPS) is 10.3. The molecule has 1 N–H and O–H groups in total. The van der Waals surface area contributed by atoms with Crippen molar-refractivity contribution in [1.82, 2.24) is 24.7 Å². The summed E-state index contributed by atoms with van der Waals surface area (Å²) in [6, 6.07) is 2.02. The fourth-order valence-corrected chi connectivity index (χ4v) is 1.23. The minimum Gasteiger partial charge on any atom is -0.461 e. The van der Waals surface area contributed by atoms with E-state index in [1.54, 1.807) is 32.6 Å². The molecule has 0 unspecified atom stereocenters. The van der Waals surface area contributed by atoms with Crippen LogP contribution >= 0.6 is 0 Å². The number of nitrogens with zero attached hydrogens (tertiary/aromatic N) is 5. The van der Waals surface area contributed by atoms with Crippen molar-refractivity contribution in [3.8, 4) is 12.0 Å². The van der Waals surface area contributed by atoms with Gasteiger partial charge in [0, 0.05) is 26.6 Å². The lowest BCUT2D eigenvalue weighted by molar-refractivity contribution is 0.140. The molecule has 8 heteroatoms. The second-order valence-electron chi connectivity index (χ2n) is 3.28. The third-order valence-corrected chi connectivity index (χ3v) is 2.05. The quantitative estimate of drug-likeness (QED) is 0.729. The van der Waals surface area contributed by atoms with E-state index in [4.69, 9.17) is 9.47 Å². The summed E-state index contributed by atoms with van der Waals surface area (Å²) in [5.74, 6) is 0.815. The molecule has 0 amide bonds. The van der Waals surface area contributed by atoms with Crippen LogP contribution in [0.15, 0.2) is 18.5 Å². The molecule has 2 rings (SSSR count). The number of hydrogen-bond donors (Lipinski definition) is 1. The predicted octanol–water partition coefficient (Wildman–Crippen LogP) is 0.124. The smallest absolute Gasteiger partial charge is 0.323 e. The van der Waals surface area contributed by atoms with Crippen molar-refractivity contribution in [2.24, 2.45) is 0 Å². The first-order valence-corrected chi connectivity index (χ1v) is 5.39. The van der Waals surface area contributed by atoms with Crippen LogP contribution in [-0.4, -0.2) is 52.1 Å². The van der Waals surface area contributed by atoms with E-state index in [0.29, 0.717) is 25.1 Å². The zero-order chi connectivity index (χ0) is 12.8. The van der Waals surface area contributed by atoms with Crippen LogP contribution in [0.1, 0.15) is 0 Å². The topological polar surface area (TPSA) is 87.0 Å². The Kier molecular flexibility index (Phi) is 4.02. The molecule has 0 radical (unpaired) electrons. The van der Waals surface area contributed by atoms with E-state index in [0.717, 1.165) is 0 Å². The van der Waals surface area contributed by atoms with Crippen molar-refractivity contribution >= 4 is 5.95 Å². The van der Waals surface area contributed by atoms with Gasteiger partial charge in [0.1, 0.15) is 6.61 Å². The maximum absolute atomic E-state index is 5.36. The molecule has 0 saturated heterocycles. The Morgan fingerprint density at radius 1 is 1.28 bits per heavy atom. The molecule has 0 bridgehead atoms. The van der Waals surface area contributed by atoms with Gasteiger partial charge in [0.15, 0.2) is 0 Å². The Hall–Kier alpha value is -2.22. The van der Waals surface area contributed by atoms with Crippen LogP contribution in [0.2, 0.25) is 0 Å². The standard InChI is InChI=1S/C10H14N6O2/c1-11-8-13-9(16-5-3-4-12-16)15-10(14-8)18-7-6-17-2/h3-5H,6-7H2,1-2H3,(H,11,13,14,15). The van der Waals surface area contributed by atoms with Crippen molar-refractivity contribution in [1.29, 1.82) is 0 Å². The van der Waals surface area contributed by atoms with Crippen molar-refractivity contribution in [3.63, 3.8) is 0 Å². The second kappa shape index (κ2) is 5.92. The largest absolute Gasteiger partial charge is 0.461 e. The van der Waals surface area contributed by atoms with E-state index in [1.165, 1.54) is 4.68 Å². The first-order valence-electron chi connectivity index (χ1n) is 5.39. The van der Waals surface area contributed by atoms with Crippen molar-refractivity contribution in [2.45, 2.75) is 0 Å². The minimum absolute atomic E-state index is 0.233. The van der Waals surface area contributed by atoms with Gasteiger partial charge in [-0.05, 0) is 6.07 Å². The molecule has 0 aromatic carbocycles. The SMILES string of the molecule is CNc1nc(OCCOC)nc(-n2cccn2)n1. The van der Waals surface area contributed by atoms with Gasteiger partial charge in [-0.25, -0.2) is 4.68 Å². The van der Waals surface area contributed by atoms with Crippen LogP contribution in [0.4, 0.5) is 5.95 Å². The van der Waals surface area contributed by atoms with Gasteiger partial charge < -0.3 is 14.8 Å². The molecule has 0 atom stereocenters. The molecule has 2 aromatic heterocycles. The lowest BCUT2D eigenvalue weighted by atomic mass is 10.7. The van der Waals surface area contributed by atoms with Gasteiger partial charge in [-0.15, -0.1) is 0 Å². The highest BCUT2D eigenvalue weighted by Gasteiger charge is 2.08. The molecule has 96 valence electrons. The fourth-order valence-electron chi connectivity index (χ4n) is 1.23. The summed E-state index contributed by atoms with van der Waals surface area (Å²) < 4.78 is 11.8. The number of aromatic nitrogens is 5. The average Bonchev–Trinajstić information content (AvgIpc) is 2.92. The molecule has 0 spiro atoms. The van der Waals surface area contributed by atoms with E-state index in [1.807, 2.05) is 0 Å². The van der Waals surface area contributed by atoms with Crippen LogP contribution in [0.25, 0.3) is 5.95 Å². The average molecular weight is 250 g/mol. The summed E-state index contributed by atoms with van der Waals surface area (Å²) in [5, 5.41) is 6.90. The van der Waals surface area contributed by atoms with Crippen molar-refractivity contribution in [2.75, 3.05) is 32.7 Å². The van der Waals surface area contributed by atoms with Gasteiger partial charge in [0.2, 0.25) is 5.95 Å². The van der Waals surface area contributed by atoms with Gasteiger partial charge in [0.05, 0.1) is 6.61 Å². The van der Waals surface area contributed by atoms with Crippen molar-refractivity contribution < 1.29 is 9.47 Å². The number of hydrogen-bond acceptors (Lipinski definition) is 7. The lowest BCUT2D eigenvalue weighted by Gasteiger charge is -2.07. The van der Waals surface area contributed by atoms with Crippen LogP contribution < -0.4 is 10.1 Å². The Bertz CT molecular complexity index is 487. The molecule has 18 heavy (non-hydrogen) atoms. The molecule has 0 fully saturated rings. The third-order valence-electron chi connectivity index (χ3n) is 2.05. The van der Waals surface area contributed by atoms with E-state index in [9.17, 15) is 0 Å². The minimum atomic E-state index is 0.233. The zero-order valence-corrected chi connectivity index (χ0v) is 10.2. The second-order valence-corrected chi connectivity index (χ2v) is 3.28. The van der Waals surface area contributed by atoms with Gasteiger partial charge >= 0.3 is 6.01 Å². The Morgan fingerprint density at radius 2 is 2.17 bits per heavy atom. The number of nitrogens with one attached hydrogen (secondary N) is 1. The first-order chi connectivity index (χ1) is 8.83. The van der Waals surface area contributed by atoms with E-state index >= 15 is 0 Å². The molecule has 2 heterocycles. The van der Waals surface area contributed by atoms with Gasteiger partial charge in [0.25, 0.3) is 5.95 Å². The zero-order valence-electron chi connectivity index (χ0n) is 10.2. The van der Waals surface area contributed by atoms with E-state index in [2.05, 4.69) is 25.4 Å². The summed E-state index contributed by atoms with van der Waals surface area (Å²) in [4.78, 5) is 12.4. The summed E-state index contributed by atoms with van der Waals surface area (Å²) in [5.41, 5.74) is 0. The summed E-state index contributed by atoms with van der Waals surface area (Å²) in [7, 11) is 3.33. The monoisotopic (exact) mass is 250 g/mol. The van der Waals surface area contributed by atoms with Crippen molar-refractivity contribution in [3.05, 3.63) is 18.5 Å². The highest BCUT2D eigenvalue weighted by molar-refractivity contribution is 5.28. The predicted molar refractivity (Wildman–Crippen MR) is 63.9 cm³/mol. The maximum Gasteiger partial charge on any atom is 0.323 e. The van der Waals surface area contributed by atoms with Gasteiger partial charge in [-0.3, -0.25) is 0 Å². The fraction of sp³-hybridized carbons (Fsp3) is 0.400. The number of rotatable bonds is 6. The van der Waals surface area contributed by atoms with Crippen LogP contribution in [0.5, 0.6) is 6.01 Å². The lowest BCUT2D eigenvalue weighted by Crippen LogP contribution is -2.12. The Labute approximate surface area is 104 Å². The van der Waals surface area contributed by atoms with Gasteiger partial charge in [-0.1, -0.05) is 0 Å². The molecule has 0 saturated carbocycles. The summed E-state index contributed by atoms with van der Waals surface area (Å²) in [6.45, 7) is 0.847. The summed E-state index contributed by atoms with van der Waals surface area (Å²) >= 11 is 0. The van der Waals surface area contributed by atoms with Gasteiger partial charge in [-0.2, -0.15) is 20.1 Å². The third kappa shape index (κ3) is 2.92. The molecular formula is C10H14N6O2. The molecule has 0 aliphatic carbocycles. The molecule has 2 aromatic rings.